The van der Waals surface area contributed by atoms with E-state index in [4.69, 9.17) is 9.47 Å². The maximum atomic E-state index is 12.9. The summed E-state index contributed by atoms with van der Waals surface area (Å²) in [6.45, 7) is 1.07. The number of amides is 1. The van der Waals surface area contributed by atoms with E-state index in [1.165, 1.54) is 30.4 Å². The highest BCUT2D eigenvalue weighted by Gasteiger charge is 2.33. The average molecular weight is 399 g/mol. The zero-order valence-corrected chi connectivity index (χ0v) is 16.1. The number of hydrogen-bond donors (Lipinski definition) is 0. The van der Waals surface area contributed by atoms with Gasteiger partial charge in [-0.15, -0.1) is 0 Å². The second-order valence-electron chi connectivity index (χ2n) is 5.97. The highest BCUT2D eigenvalue weighted by Crippen LogP contribution is 2.18. The predicted octanol–water partition coefficient (Wildman–Crippen LogP) is 1.43. The largest absolute Gasteiger partial charge is 0.466 e. The number of hydrogen-bond acceptors (Lipinski definition) is 8. The van der Waals surface area contributed by atoms with Crippen molar-refractivity contribution in [1.29, 1.82) is 0 Å². The molecule has 1 atom stereocenters. The van der Waals surface area contributed by atoms with Gasteiger partial charge in [0.2, 0.25) is 5.91 Å². The van der Waals surface area contributed by atoms with Gasteiger partial charge in [-0.05, 0) is 25.1 Å². The van der Waals surface area contributed by atoms with Crippen molar-refractivity contribution >= 4 is 29.3 Å². The van der Waals surface area contributed by atoms with Gasteiger partial charge in [-0.3, -0.25) is 14.4 Å². The van der Waals surface area contributed by atoms with Crippen LogP contribution in [0.15, 0.2) is 48.8 Å². The molecule has 2 rings (SSSR count). The molecule has 0 saturated heterocycles. The smallest absolute Gasteiger partial charge is 0.340 e. The van der Waals surface area contributed by atoms with E-state index in [0.717, 1.165) is 0 Å². The van der Waals surface area contributed by atoms with Gasteiger partial charge in [-0.2, -0.15) is 10.2 Å². The number of carbonyl (C=O) groups excluding carboxylic acids is 4. The van der Waals surface area contributed by atoms with Gasteiger partial charge >= 0.3 is 11.9 Å². The van der Waals surface area contributed by atoms with Crippen LogP contribution < -0.4 is 4.90 Å². The molecule has 0 aliphatic carbocycles. The fraction of sp³-hybridized carbons (Fsp3) is 0.300. The summed E-state index contributed by atoms with van der Waals surface area (Å²) >= 11 is 0. The third-order valence-corrected chi connectivity index (χ3v) is 4.00. The molecule has 0 radical (unpaired) electrons. The van der Waals surface area contributed by atoms with Crippen LogP contribution in [0.5, 0.6) is 0 Å². The fourth-order valence-corrected chi connectivity index (χ4v) is 2.47. The summed E-state index contributed by atoms with van der Waals surface area (Å²) in [6, 6.07) is 10.0. The molecule has 0 spiro atoms. The Hall–Kier alpha value is -3.62. The van der Waals surface area contributed by atoms with E-state index in [2.05, 4.69) is 10.2 Å². The maximum absolute atomic E-state index is 12.9. The number of carbonyl (C=O) groups is 4. The van der Waals surface area contributed by atoms with E-state index in [1.807, 2.05) is 0 Å². The van der Waals surface area contributed by atoms with Crippen LogP contribution in [0.3, 0.4) is 0 Å². The van der Waals surface area contributed by atoms with Crippen molar-refractivity contribution in [3.8, 4) is 0 Å². The molecule has 9 nitrogen and oxygen atoms in total. The Morgan fingerprint density at radius 3 is 2.38 bits per heavy atom. The molecule has 0 bridgehead atoms. The van der Waals surface area contributed by atoms with Crippen LogP contribution in [-0.4, -0.2) is 54.1 Å². The number of ketones is 1. The summed E-state index contributed by atoms with van der Waals surface area (Å²) in [5, 5.41) is 7.10. The molecule has 29 heavy (non-hydrogen) atoms. The van der Waals surface area contributed by atoms with Crippen LogP contribution in [0.4, 0.5) is 5.69 Å². The molecule has 2 aromatic rings. The summed E-state index contributed by atoms with van der Waals surface area (Å²) in [4.78, 5) is 50.7. The molecular formula is C20H21N3O6. The van der Waals surface area contributed by atoms with Crippen molar-refractivity contribution in [3.05, 3.63) is 54.4 Å². The number of esters is 2. The fourth-order valence-electron chi connectivity index (χ4n) is 2.47. The van der Waals surface area contributed by atoms with Gasteiger partial charge < -0.3 is 14.4 Å². The first-order valence-corrected chi connectivity index (χ1v) is 8.88. The van der Waals surface area contributed by atoms with Crippen molar-refractivity contribution in [2.75, 3.05) is 25.2 Å². The predicted molar refractivity (Wildman–Crippen MR) is 102 cm³/mol. The van der Waals surface area contributed by atoms with E-state index < -0.39 is 42.6 Å². The second-order valence-corrected chi connectivity index (χ2v) is 5.97. The lowest BCUT2D eigenvalue weighted by Crippen LogP contribution is -2.40. The van der Waals surface area contributed by atoms with Gasteiger partial charge in [0.15, 0.2) is 12.4 Å². The number of aromatic nitrogens is 2. The molecule has 0 aliphatic rings. The third kappa shape index (κ3) is 6.20. The first kappa shape index (κ1) is 21.7. The summed E-state index contributed by atoms with van der Waals surface area (Å²) in [6.07, 6.45) is 2.05. The SMILES string of the molecule is CCOC(=O)CC(C(=O)COC(=O)c1ccnnc1)C(=O)N(C)c1ccccc1. The molecule has 0 aliphatic heterocycles. The number of para-hydroxylation sites is 1. The molecule has 1 unspecified atom stereocenters. The van der Waals surface area contributed by atoms with E-state index >= 15 is 0 Å². The Labute approximate surface area is 167 Å². The highest BCUT2D eigenvalue weighted by molar-refractivity contribution is 6.10. The van der Waals surface area contributed by atoms with Gasteiger partial charge in [0.1, 0.15) is 5.92 Å². The minimum Gasteiger partial charge on any atom is -0.466 e. The van der Waals surface area contributed by atoms with Crippen LogP contribution in [0.25, 0.3) is 0 Å². The van der Waals surface area contributed by atoms with E-state index in [0.29, 0.717) is 5.69 Å². The molecule has 1 aromatic carbocycles. The van der Waals surface area contributed by atoms with Crippen LogP contribution in [0.1, 0.15) is 23.7 Å². The van der Waals surface area contributed by atoms with Crippen LogP contribution in [0.2, 0.25) is 0 Å². The van der Waals surface area contributed by atoms with Crippen molar-refractivity contribution in [3.63, 3.8) is 0 Å². The Balaban J connectivity index is 2.11. The number of benzene rings is 1. The molecule has 0 N–H and O–H groups in total. The number of rotatable bonds is 9. The number of anilines is 1. The Bertz CT molecular complexity index is 857. The van der Waals surface area contributed by atoms with Crippen molar-refractivity contribution in [1.82, 2.24) is 10.2 Å². The lowest BCUT2D eigenvalue weighted by atomic mass is 9.98. The first-order valence-electron chi connectivity index (χ1n) is 8.88. The van der Waals surface area contributed by atoms with E-state index in [1.54, 1.807) is 37.3 Å². The molecule has 9 heteroatoms. The second kappa shape index (κ2) is 10.6. The molecule has 1 heterocycles. The van der Waals surface area contributed by atoms with Gasteiger partial charge in [0.05, 0.1) is 31.0 Å². The minimum atomic E-state index is -1.34. The molecule has 0 fully saturated rings. The standard InChI is InChI=1S/C20H21N3O6/c1-3-28-18(25)11-16(19(26)23(2)15-7-5-4-6-8-15)17(24)13-29-20(27)14-9-10-21-22-12-14/h4-10,12,16H,3,11,13H2,1-2H3. The number of ether oxygens (including phenoxy) is 2. The van der Waals surface area contributed by atoms with Crippen LogP contribution in [-0.2, 0) is 23.9 Å². The Morgan fingerprint density at radius 2 is 1.76 bits per heavy atom. The van der Waals surface area contributed by atoms with Gasteiger partial charge in [-0.1, -0.05) is 18.2 Å². The highest BCUT2D eigenvalue weighted by atomic mass is 16.5. The topological polar surface area (TPSA) is 116 Å². The lowest BCUT2D eigenvalue weighted by molar-refractivity contribution is -0.149. The molecule has 152 valence electrons. The first-order chi connectivity index (χ1) is 13.9. The molecule has 0 saturated carbocycles. The van der Waals surface area contributed by atoms with Gasteiger partial charge in [-0.25, -0.2) is 4.79 Å². The monoisotopic (exact) mass is 399 g/mol. The zero-order valence-electron chi connectivity index (χ0n) is 16.1. The minimum absolute atomic E-state index is 0.113. The van der Waals surface area contributed by atoms with Crippen molar-refractivity contribution < 1.29 is 28.7 Å². The lowest BCUT2D eigenvalue weighted by Gasteiger charge is -2.22. The van der Waals surface area contributed by atoms with Gasteiger partial charge in [0, 0.05) is 12.7 Å². The summed E-state index contributed by atoms with van der Waals surface area (Å²) in [5.41, 5.74) is 0.668. The summed E-state index contributed by atoms with van der Waals surface area (Å²) in [7, 11) is 1.50. The molecule has 1 aromatic heterocycles. The van der Waals surface area contributed by atoms with Crippen LogP contribution >= 0.6 is 0 Å². The van der Waals surface area contributed by atoms with Crippen LogP contribution in [0, 0.1) is 5.92 Å². The third-order valence-electron chi connectivity index (χ3n) is 4.00. The zero-order chi connectivity index (χ0) is 21.2. The summed E-state index contributed by atoms with van der Waals surface area (Å²) < 4.78 is 9.84. The van der Waals surface area contributed by atoms with Gasteiger partial charge in [0.25, 0.3) is 0 Å². The average Bonchev–Trinajstić information content (AvgIpc) is 2.76. The Morgan fingerprint density at radius 1 is 1.03 bits per heavy atom. The van der Waals surface area contributed by atoms with E-state index in [9.17, 15) is 19.2 Å². The Kier molecular flexibility index (Phi) is 7.96. The maximum Gasteiger partial charge on any atom is 0.340 e. The number of Topliss-reactive ketones (excluding diaryl/α,β-unsaturated/α-hetero) is 1. The normalized spacial score (nSPS) is 11.2. The summed E-state index contributed by atoms with van der Waals surface area (Å²) in [5.74, 6) is -4.13. The molecule has 1 amide bonds. The van der Waals surface area contributed by atoms with Crippen molar-refractivity contribution in [2.45, 2.75) is 13.3 Å². The van der Waals surface area contributed by atoms with Crippen molar-refractivity contribution in [2.24, 2.45) is 5.92 Å². The quantitative estimate of drug-likeness (QED) is 0.459. The number of nitrogens with zero attached hydrogens (tertiary/aromatic N) is 3. The molecular weight excluding hydrogens is 378 g/mol. The van der Waals surface area contributed by atoms with E-state index in [-0.39, 0.29) is 12.2 Å².